The Labute approximate surface area is 99.6 Å². The molecule has 4 aliphatic carbocycles. The first-order valence-corrected chi connectivity index (χ1v) is 7.03. The molecule has 1 nitrogen and oxygen atoms in total. The molecule has 2 bridgehead atoms. The highest BCUT2D eigenvalue weighted by Gasteiger charge is 2.68. The average molecular weight is 222 g/mol. The number of hydrogen-bond donors (Lipinski definition) is 1. The summed E-state index contributed by atoms with van der Waals surface area (Å²) in [6.45, 7) is 9.61. The lowest BCUT2D eigenvalue weighted by molar-refractivity contribution is -0.223. The summed E-state index contributed by atoms with van der Waals surface area (Å²) in [5, 5.41) is 10.6. The van der Waals surface area contributed by atoms with Crippen molar-refractivity contribution in [3.8, 4) is 0 Å². The lowest BCUT2D eigenvalue weighted by atomic mass is 9.38. The predicted molar refractivity (Wildman–Crippen MR) is 66.1 cm³/mol. The summed E-state index contributed by atoms with van der Waals surface area (Å²) in [5.41, 5.74) is 0.984. The molecule has 0 radical (unpaired) electrons. The summed E-state index contributed by atoms with van der Waals surface area (Å²) in [7, 11) is 0. The van der Waals surface area contributed by atoms with E-state index in [4.69, 9.17) is 0 Å². The second kappa shape index (κ2) is 2.85. The fourth-order valence-electron chi connectivity index (χ4n) is 5.67. The van der Waals surface area contributed by atoms with Crippen molar-refractivity contribution in [3.63, 3.8) is 0 Å². The highest BCUT2D eigenvalue weighted by molar-refractivity contribution is 5.17. The van der Waals surface area contributed by atoms with E-state index in [9.17, 15) is 5.11 Å². The van der Waals surface area contributed by atoms with Crippen LogP contribution in [-0.2, 0) is 0 Å². The monoisotopic (exact) mass is 222 g/mol. The van der Waals surface area contributed by atoms with E-state index in [0.717, 1.165) is 18.3 Å². The quantitative estimate of drug-likeness (QED) is 0.664. The first-order valence-electron chi connectivity index (χ1n) is 7.03. The first-order chi connectivity index (χ1) is 7.34. The smallest absolute Gasteiger partial charge is 0.0604 e. The van der Waals surface area contributed by atoms with Gasteiger partial charge >= 0.3 is 0 Å². The van der Waals surface area contributed by atoms with Gasteiger partial charge in [-0.1, -0.05) is 27.7 Å². The van der Waals surface area contributed by atoms with E-state index in [1.807, 2.05) is 0 Å². The van der Waals surface area contributed by atoms with Gasteiger partial charge in [-0.05, 0) is 60.2 Å². The molecule has 0 saturated heterocycles. The van der Waals surface area contributed by atoms with Crippen molar-refractivity contribution < 1.29 is 5.11 Å². The van der Waals surface area contributed by atoms with Crippen LogP contribution in [0.4, 0.5) is 0 Å². The van der Waals surface area contributed by atoms with Gasteiger partial charge in [0.2, 0.25) is 0 Å². The fraction of sp³-hybridized carbons (Fsp3) is 1.00. The third-order valence-corrected chi connectivity index (χ3v) is 7.33. The summed E-state index contributed by atoms with van der Waals surface area (Å²) in [6.07, 6.45) is 6.41. The predicted octanol–water partition coefficient (Wildman–Crippen LogP) is 3.61. The van der Waals surface area contributed by atoms with Gasteiger partial charge in [0.1, 0.15) is 0 Å². The lowest BCUT2D eigenvalue weighted by Crippen LogP contribution is -2.63. The van der Waals surface area contributed by atoms with Crippen LogP contribution in [-0.4, -0.2) is 11.2 Å². The van der Waals surface area contributed by atoms with E-state index in [0.29, 0.717) is 10.8 Å². The van der Waals surface area contributed by atoms with Gasteiger partial charge in [-0.3, -0.25) is 0 Å². The zero-order chi connectivity index (χ0) is 11.8. The molecule has 0 aromatic carbocycles. The van der Waals surface area contributed by atoms with Gasteiger partial charge in [0, 0.05) is 0 Å². The van der Waals surface area contributed by atoms with Crippen LogP contribution in [0.2, 0.25) is 0 Å². The maximum Gasteiger partial charge on any atom is 0.0604 e. The van der Waals surface area contributed by atoms with Gasteiger partial charge in [-0.2, -0.15) is 0 Å². The second-order valence-corrected chi connectivity index (χ2v) is 7.62. The maximum absolute atomic E-state index is 10.6. The average Bonchev–Trinajstić information content (AvgIpc) is 2.51. The number of fused-ring (bicyclic) bond motifs is 2. The zero-order valence-corrected chi connectivity index (χ0v) is 11.2. The molecule has 4 aliphatic rings. The van der Waals surface area contributed by atoms with Gasteiger partial charge in [0.25, 0.3) is 0 Å². The fourth-order valence-corrected chi connectivity index (χ4v) is 5.67. The molecule has 0 aliphatic heterocycles. The van der Waals surface area contributed by atoms with Crippen molar-refractivity contribution >= 4 is 0 Å². The molecule has 92 valence electrons. The molecule has 5 atom stereocenters. The summed E-state index contributed by atoms with van der Waals surface area (Å²) < 4.78 is 0. The molecule has 0 aromatic heterocycles. The number of hydrogen-bond acceptors (Lipinski definition) is 1. The molecule has 4 fully saturated rings. The van der Waals surface area contributed by atoms with Crippen molar-refractivity contribution in [1.29, 1.82) is 0 Å². The molecule has 1 heteroatoms. The number of aliphatic hydroxyl groups excluding tert-OH is 1. The maximum atomic E-state index is 10.6. The van der Waals surface area contributed by atoms with Crippen LogP contribution in [0.15, 0.2) is 0 Å². The summed E-state index contributed by atoms with van der Waals surface area (Å²) in [5.74, 6) is 1.69. The minimum Gasteiger partial charge on any atom is -0.393 e. The Hall–Kier alpha value is -0.0400. The van der Waals surface area contributed by atoms with Crippen LogP contribution in [0.5, 0.6) is 0 Å². The van der Waals surface area contributed by atoms with Crippen LogP contribution < -0.4 is 0 Å². The highest BCUT2D eigenvalue weighted by Crippen LogP contribution is 2.73. The normalized spacial score (nSPS) is 58.7. The van der Waals surface area contributed by atoms with Crippen molar-refractivity contribution in [1.82, 2.24) is 0 Å². The third kappa shape index (κ3) is 0.939. The van der Waals surface area contributed by atoms with E-state index >= 15 is 0 Å². The van der Waals surface area contributed by atoms with Crippen molar-refractivity contribution in [2.45, 2.75) is 65.9 Å². The van der Waals surface area contributed by atoms with Gasteiger partial charge in [0.05, 0.1) is 6.10 Å². The van der Waals surface area contributed by atoms with E-state index in [2.05, 4.69) is 27.7 Å². The molecule has 0 amide bonds. The molecule has 0 aromatic rings. The largest absolute Gasteiger partial charge is 0.393 e. The van der Waals surface area contributed by atoms with Crippen LogP contribution in [0.3, 0.4) is 0 Å². The molecule has 3 unspecified atom stereocenters. The SMILES string of the molecule is C[C@@H]1CCC2C(C)(C)C3(C)CC[C@]21CC3O. The lowest BCUT2D eigenvalue weighted by Gasteiger charge is -2.67. The minimum atomic E-state index is -0.0620. The summed E-state index contributed by atoms with van der Waals surface area (Å²) in [6, 6.07) is 0. The van der Waals surface area contributed by atoms with Crippen LogP contribution in [0.25, 0.3) is 0 Å². The van der Waals surface area contributed by atoms with Crippen LogP contribution in [0.1, 0.15) is 59.8 Å². The molecule has 16 heavy (non-hydrogen) atoms. The Morgan fingerprint density at radius 1 is 1.06 bits per heavy atom. The van der Waals surface area contributed by atoms with Gasteiger partial charge < -0.3 is 5.11 Å². The second-order valence-electron chi connectivity index (χ2n) is 7.62. The van der Waals surface area contributed by atoms with Crippen molar-refractivity contribution in [2.24, 2.45) is 28.1 Å². The molecular weight excluding hydrogens is 196 g/mol. The minimum absolute atomic E-state index is 0.0620. The van der Waals surface area contributed by atoms with E-state index in [1.165, 1.54) is 25.7 Å². The number of rotatable bonds is 0. The number of aliphatic hydroxyl groups is 1. The molecule has 1 spiro atoms. The Kier molecular flexibility index (Phi) is 1.98. The van der Waals surface area contributed by atoms with E-state index < -0.39 is 0 Å². The summed E-state index contributed by atoms with van der Waals surface area (Å²) in [4.78, 5) is 0. The standard InChI is InChI=1S/C15H26O/c1-10-5-6-11-13(2,3)14(4)7-8-15(10,11)9-12(14)16/h10-12,16H,5-9H2,1-4H3/t10-,11?,12?,14?,15-/m1/s1. The Morgan fingerprint density at radius 3 is 2.38 bits per heavy atom. The van der Waals surface area contributed by atoms with E-state index in [-0.39, 0.29) is 11.5 Å². The van der Waals surface area contributed by atoms with Crippen molar-refractivity contribution in [3.05, 3.63) is 0 Å². The Morgan fingerprint density at radius 2 is 1.75 bits per heavy atom. The van der Waals surface area contributed by atoms with E-state index in [1.54, 1.807) is 0 Å². The van der Waals surface area contributed by atoms with Crippen molar-refractivity contribution in [2.75, 3.05) is 0 Å². The first kappa shape index (κ1) is 11.1. The Balaban J connectivity index is 2.12. The molecule has 1 N–H and O–H groups in total. The van der Waals surface area contributed by atoms with Gasteiger partial charge in [0.15, 0.2) is 0 Å². The molecular formula is C15H26O. The third-order valence-electron chi connectivity index (χ3n) is 7.33. The molecule has 4 rings (SSSR count). The van der Waals surface area contributed by atoms with Crippen LogP contribution >= 0.6 is 0 Å². The molecule has 4 saturated carbocycles. The van der Waals surface area contributed by atoms with Gasteiger partial charge in [-0.25, -0.2) is 0 Å². The summed E-state index contributed by atoms with van der Waals surface area (Å²) >= 11 is 0. The topological polar surface area (TPSA) is 20.2 Å². The molecule has 0 heterocycles. The zero-order valence-electron chi connectivity index (χ0n) is 11.2. The Bertz CT molecular complexity index is 321. The highest BCUT2D eigenvalue weighted by atomic mass is 16.3. The van der Waals surface area contributed by atoms with Gasteiger partial charge in [-0.15, -0.1) is 0 Å². The van der Waals surface area contributed by atoms with Crippen LogP contribution in [0, 0.1) is 28.1 Å².